The van der Waals surface area contributed by atoms with E-state index < -0.39 is 5.97 Å². The summed E-state index contributed by atoms with van der Waals surface area (Å²) in [4.78, 5) is 42.6. The first-order chi connectivity index (χ1) is 19.4. The third-order valence-corrected chi connectivity index (χ3v) is 7.30. The lowest BCUT2D eigenvalue weighted by Gasteiger charge is -2.34. The fraction of sp³-hybridized carbons (Fsp3) is 0.258. The smallest absolute Gasteiger partial charge is 0.338 e. The Bertz CT molecular complexity index is 1460. The van der Waals surface area contributed by atoms with Gasteiger partial charge in [-0.2, -0.15) is 0 Å². The molecule has 9 nitrogen and oxygen atoms in total. The predicted octanol–water partition coefficient (Wildman–Crippen LogP) is 3.46. The number of fused-ring (bicyclic) bond motifs is 1. The average Bonchev–Trinajstić information content (AvgIpc) is 3.30. The zero-order valence-corrected chi connectivity index (χ0v) is 22.6. The molecular formula is C31H32N4O5. The molecule has 3 N–H and O–H groups in total. The number of benzene rings is 3. The minimum Gasteiger partial charge on any atom is -0.465 e. The molecule has 2 aliphatic heterocycles. The Kier molecular flexibility index (Phi) is 7.95. The lowest BCUT2D eigenvalue weighted by atomic mass is 9.96. The SMILES string of the molecule is COC(=O)c1cc2c(cc1C)/C(=C(/Nc1ccc(C(=O)N3CCN(CCO)CC3)cc1)c1ccccc1)C(=O)N2. The molecule has 0 saturated carbocycles. The van der Waals surface area contributed by atoms with E-state index in [1.165, 1.54) is 7.11 Å². The number of nitrogens with one attached hydrogen (secondary N) is 2. The lowest BCUT2D eigenvalue weighted by molar-refractivity contribution is -0.110. The van der Waals surface area contributed by atoms with Gasteiger partial charge in [0.15, 0.2) is 0 Å². The molecule has 1 fully saturated rings. The van der Waals surface area contributed by atoms with Gasteiger partial charge in [-0.25, -0.2) is 4.79 Å². The first-order valence-electron chi connectivity index (χ1n) is 13.2. The molecule has 2 aliphatic rings. The Labute approximate surface area is 233 Å². The van der Waals surface area contributed by atoms with Gasteiger partial charge in [0.25, 0.3) is 11.8 Å². The molecule has 2 heterocycles. The number of anilines is 2. The van der Waals surface area contributed by atoms with E-state index in [0.29, 0.717) is 58.8 Å². The fourth-order valence-corrected chi connectivity index (χ4v) is 5.13. The van der Waals surface area contributed by atoms with E-state index in [4.69, 9.17) is 9.84 Å². The number of aliphatic hydroxyl groups excluding tert-OH is 1. The van der Waals surface area contributed by atoms with Crippen molar-refractivity contribution in [3.05, 3.63) is 94.5 Å². The topological polar surface area (TPSA) is 111 Å². The average molecular weight is 541 g/mol. The van der Waals surface area contributed by atoms with Crippen LogP contribution in [0.15, 0.2) is 66.7 Å². The van der Waals surface area contributed by atoms with Crippen LogP contribution in [0.5, 0.6) is 0 Å². The number of hydrogen-bond acceptors (Lipinski definition) is 7. The maximum atomic E-state index is 13.3. The van der Waals surface area contributed by atoms with E-state index in [-0.39, 0.29) is 18.4 Å². The van der Waals surface area contributed by atoms with Gasteiger partial charge in [0.2, 0.25) is 0 Å². The highest BCUT2D eigenvalue weighted by Gasteiger charge is 2.30. The Morgan fingerprint density at radius 2 is 1.68 bits per heavy atom. The minimum atomic E-state index is -0.463. The van der Waals surface area contributed by atoms with E-state index in [1.807, 2.05) is 60.4 Å². The van der Waals surface area contributed by atoms with Crippen molar-refractivity contribution in [2.75, 3.05) is 57.1 Å². The zero-order chi connectivity index (χ0) is 28.2. The standard InChI is InChI=1S/C31H32N4O5/c1-20-18-25-26(19-24(20)31(39)40-2)33-29(37)27(25)28(21-6-4-3-5-7-21)32-23-10-8-22(9-11-23)30(38)35-14-12-34(13-15-35)16-17-36/h3-11,18-19,32,36H,12-17H2,1-2H3,(H,33,37)/b28-27-. The molecule has 0 spiro atoms. The maximum absolute atomic E-state index is 13.3. The van der Waals surface area contributed by atoms with Crippen LogP contribution in [0, 0.1) is 6.92 Å². The van der Waals surface area contributed by atoms with Crippen LogP contribution in [0.3, 0.4) is 0 Å². The highest BCUT2D eigenvalue weighted by atomic mass is 16.5. The molecule has 0 atom stereocenters. The Hall–Kier alpha value is -4.47. The molecule has 40 heavy (non-hydrogen) atoms. The van der Waals surface area contributed by atoms with Crippen molar-refractivity contribution in [1.82, 2.24) is 9.80 Å². The number of amides is 2. The summed E-state index contributed by atoms with van der Waals surface area (Å²) in [5, 5.41) is 15.5. The minimum absolute atomic E-state index is 0.0298. The molecule has 0 bridgehead atoms. The Balaban J connectivity index is 1.44. The monoisotopic (exact) mass is 540 g/mol. The summed E-state index contributed by atoms with van der Waals surface area (Å²) in [6.07, 6.45) is 0. The van der Waals surface area contributed by atoms with Gasteiger partial charge in [0.1, 0.15) is 0 Å². The molecule has 0 aromatic heterocycles. The summed E-state index contributed by atoms with van der Waals surface area (Å²) in [7, 11) is 1.33. The molecule has 3 aromatic carbocycles. The molecule has 0 aliphatic carbocycles. The summed E-state index contributed by atoms with van der Waals surface area (Å²) in [6, 6.07) is 20.3. The normalized spacial score (nSPS) is 16.3. The Morgan fingerprint density at radius 1 is 0.975 bits per heavy atom. The summed E-state index contributed by atoms with van der Waals surface area (Å²) in [6.45, 7) is 5.27. The molecular weight excluding hydrogens is 508 g/mol. The number of carbonyl (C=O) groups excluding carboxylic acids is 3. The first-order valence-corrected chi connectivity index (χ1v) is 13.2. The summed E-state index contributed by atoms with van der Waals surface area (Å²) in [5.41, 5.74) is 5.53. The van der Waals surface area contributed by atoms with E-state index >= 15 is 0 Å². The van der Waals surface area contributed by atoms with Crippen molar-refractivity contribution in [2.45, 2.75) is 6.92 Å². The summed E-state index contributed by atoms with van der Waals surface area (Å²) in [5.74, 6) is -0.775. The third-order valence-electron chi connectivity index (χ3n) is 7.30. The van der Waals surface area contributed by atoms with Crippen LogP contribution in [-0.2, 0) is 9.53 Å². The van der Waals surface area contributed by atoms with E-state index in [9.17, 15) is 14.4 Å². The van der Waals surface area contributed by atoms with Crippen molar-refractivity contribution < 1.29 is 24.2 Å². The maximum Gasteiger partial charge on any atom is 0.338 e. The fourth-order valence-electron chi connectivity index (χ4n) is 5.13. The first kappa shape index (κ1) is 27.1. The van der Waals surface area contributed by atoms with Gasteiger partial charge < -0.3 is 25.4 Å². The second kappa shape index (κ2) is 11.7. The van der Waals surface area contributed by atoms with Gasteiger partial charge in [0, 0.05) is 49.5 Å². The van der Waals surface area contributed by atoms with E-state index in [2.05, 4.69) is 15.5 Å². The van der Waals surface area contributed by atoms with Crippen LogP contribution in [0.25, 0.3) is 11.3 Å². The van der Waals surface area contributed by atoms with Crippen LogP contribution < -0.4 is 10.6 Å². The number of nitrogens with zero attached hydrogens (tertiary/aromatic N) is 2. The van der Waals surface area contributed by atoms with Crippen LogP contribution >= 0.6 is 0 Å². The van der Waals surface area contributed by atoms with Crippen LogP contribution in [0.1, 0.15) is 37.4 Å². The van der Waals surface area contributed by atoms with Crippen molar-refractivity contribution in [3.63, 3.8) is 0 Å². The molecule has 0 unspecified atom stereocenters. The highest BCUT2D eigenvalue weighted by molar-refractivity contribution is 6.37. The van der Waals surface area contributed by atoms with Crippen molar-refractivity contribution in [1.29, 1.82) is 0 Å². The number of rotatable bonds is 7. The third kappa shape index (κ3) is 5.47. The summed E-state index contributed by atoms with van der Waals surface area (Å²) < 4.78 is 4.89. The van der Waals surface area contributed by atoms with Crippen LogP contribution in [0.2, 0.25) is 0 Å². The lowest BCUT2D eigenvalue weighted by Crippen LogP contribution is -2.49. The number of methoxy groups -OCH3 is 1. The van der Waals surface area contributed by atoms with Crippen LogP contribution in [0.4, 0.5) is 11.4 Å². The van der Waals surface area contributed by atoms with Crippen LogP contribution in [-0.4, -0.2) is 79.1 Å². The molecule has 1 saturated heterocycles. The quantitative estimate of drug-likeness (QED) is 0.311. The largest absolute Gasteiger partial charge is 0.465 e. The molecule has 9 heteroatoms. The molecule has 3 aromatic rings. The molecule has 2 amide bonds. The second-order valence-corrected chi connectivity index (χ2v) is 9.83. The van der Waals surface area contributed by atoms with Gasteiger partial charge in [-0.05, 0) is 54.4 Å². The number of aryl methyl sites for hydroxylation is 1. The predicted molar refractivity (Wildman–Crippen MR) is 154 cm³/mol. The number of piperazine rings is 1. The van der Waals surface area contributed by atoms with Gasteiger partial charge >= 0.3 is 5.97 Å². The number of carbonyl (C=O) groups is 3. The van der Waals surface area contributed by atoms with Gasteiger partial charge in [-0.1, -0.05) is 30.3 Å². The molecule has 206 valence electrons. The number of aliphatic hydroxyl groups is 1. The zero-order valence-electron chi connectivity index (χ0n) is 22.6. The van der Waals surface area contributed by atoms with Crippen molar-refractivity contribution in [3.8, 4) is 0 Å². The van der Waals surface area contributed by atoms with Gasteiger partial charge in [-0.3, -0.25) is 14.5 Å². The molecule has 5 rings (SSSR count). The summed E-state index contributed by atoms with van der Waals surface area (Å²) >= 11 is 0. The highest BCUT2D eigenvalue weighted by Crippen LogP contribution is 2.39. The van der Waals surface area contributed by atoms with E-state index in [1.54, 1.807) is 18.2 Å². The van der Waals surface area contributed by atoms with E-state index in [0.717, 1.165) is 24.3 Å². The number of esters is 1. The Morgan fingerprint density at radius 3 is 2.33 bits per heavy atom. The molecule has 0 radical (unpaired) electrons. The van der Waals surface area contributed by atoms with Gasteiger partial charge in [-0.15, -0.1) is 0 Å². The van der Waals surface area contributed by atoms with Crippen molar-refractivity contribution >= 4 is 40.4 Å². The second-order valence-electron chi connectivity index (χ2n) is 9.83. The number of hydrogen-bond donors (Lipinski definition) is 3. The number of β-amino-alcohol motifs (C(OH)–C–C–N with tert-alkyl or cyclic N) is 1. The van der Waals surface area contributed by atoms with Gasteiger partial charge in [0.05, 0.1) is 36.2 Å². The number of ether oxygens (including phenoxy) is 1. The van der Waals surface area contributed by atoms with Crippen molar-refractivity contribution in [2.24, 2.45) is 0 Å².